The molecule has 0 atom stereocenters. The van der Waals surface area contributed by atoms with Gasteiger partial charge in [0, 0.05) is 23.9 Å². The smallest absolute Gasteiger partial charge is 0.255 e. The molecule has 3 N–H and O–H groups in total. The molecule has 1 amide bonds. The zero-order valence-corrected chi connectivity index (χ0v) is 11.4. The molecule has 4 nitrogen and oxygen atoms in total. The molecule has 0 aliphatic heterocycles. The van der Waals surface area contributed by atoms with Gasteiger partial charge < -0.3 is 15.8 Å². The Morgan fingerprint density at radius 3 is 2.75 bits per heavy atom. The molecule has 0 fully saturated rings. The van der Waals surface area contributed by atoms with Crippen molar-refractivity contribution in [1.82, 2.24) is 0 Å². The number of rotatable bonds is 5. The first kappa shape index (κ1) is 14.1. The maximum absolute atomic E-state index is 12.2. The van der Waals surface area contributed by atoms with Gasteiger partial charge in [0.25, 0.3) is 5.91 Å². The van der Waals surface area contributed by atoms with E-state index < -0.39 is 0 Å². The molecule has 0 spiro atoms. The van der Waals surface area contributed by atoms with Crippen LogP contribution in [0.1, 0.15) is 22.8 Å². The number of hydrogen-bond donors (Lipinski definition) is 2. The van der Waals surface area contributed by atoms with Crippen LogP contribution >= 0.6 is 0 Å². The highest BCUT2D eigenvalue weighted by Gasteiger charge is 2.07. The van der Waals surface area contributed by atoms with Crippen molar-refractivity contribution in [2.24, 2.45) is 5.73 Å². The third-order valence-electron chi connectivity index (χ3n) is 2.83. The van der Waals surface area contributed by atoms with Gasteiger partial charge in [-0.15, -0.1) is 0 Å². The fraction of sp³-hybridized carbons (Fsp3) is 0.188. The minimum absolute atomic E-state index is 0.158. The van der Waals surface area contributed by atoms with E-state index in [1.807, 2.05) is 37.3 Å². The summed E-state index contributed by atoms with van der Waals surface area (Å²) in [5.74, 6) is 0.579. The second-order valence-corrected chi connectivity index (χ2v) is 4.32. The van der Waals surface area contributed by atoms with Crippen LogP contribution in [0.4, 0.5) is 5.69 Å². The first-order chi connectivity index (χ1) is 9.72. The van der Waals surface area contributed by atoms with E-state index in [9.17, 15) is 4.79 Å². The second kappa shape index (κ2) is 6.73. The van der Waals surface area contributed by atoms with Gasteiger partial charge in [-0.2, -0.15) is 0 Å². The average Bonchev–Trinajstić information content (AvgIpc) is 2.48. The van der Waals surface area contributed by atoms with E-state index in [4.69, 9.17) is 10.5 Å². The van der Waals surface area contributed by atoms with E-state index in [2.05, 4.69) is 5.32 Å². The Kier molecular flexibility index (Phi) is 4.74. The van der Waals surface area contributed by atoms with Crippen molar-refractivity contribution in [1.29, 1.82) is 0 Å². The number of hydrogen-bond acceptors (Lipinski definition) is 3. The van der Waals surface area contributed by atoms with Gasteiger partial charge >= 0.3 is 0 Å². The van der Waals surface area contributed by atoms with E-state index in [1.165, 1.54) is 0 Å². The lowest BCUT2D eigenvalue weighted by atomic mass is 10.1. The van der Waals surface area contributed by atoms with Gasteiger partial charge in [-0.3, -0.25) is 4.79 Å². The van der Waals surface area contributed by atoms with Crippen molar-refractivity contribution in [2.45, 2.75) is 13.5 Å². The summed E-state index contributed by atoms with van der Waals surface area (Å²) in [4.78, 5) is 12.2. The summed E-state index contributed by atoms with van der Waals surface area (Å²) >= 11 is 0. The van der Waals surface area contributed by atoms with Crippen LogP contribution in [-0.4, -0.2) is 12.5 Å². The molecule has 0 aliphatic rings. The molecule has 104 valence electrons. The zero-order chi connectivity index (χ0) is 14.4. The highest BCUT2D eigenvalue weighted by Crippen LogP contribution is 2.18. The predicted octanol–water partition coefficient (Wildman–Crippen LogP) is 2.80. The van der Waals surface area contributed by atoms with Crippen LogP contribution in [0.2, 0.25) is 0 Å². The van der Waals surface area contributed by atoms with Crippen LogP contribution in [0.5, 0.6) is 5.75 Å². The molecule has 2 rings (SSSR count). The van der Waals surface area contributed by atoms with Gasteiger partial charge in [0.2, 0.25) is 0 Å². The maximum Gasteiger partial charge on any atom is 0.255 e. The third-order valence-corrected chi connectivity index (χ3v) is 2.83. The summed E-state index contributed by atoms with van der Waals surface area (Å²) in [6.07, 6.45) is 0. The number of carbonyl (C=O) groups excluding carboxylic acids is 1. The van der Waals surface area contributed by atoms with Crippen LogP contribution in [0, 0.1) is 0 Å². The number of nitrogens with two attached hydrogens (primary N) is 1. The van der Waals surface area contributed by atoms with Crippen molar-refractivity contribution >= 4 is 11.6 Å². The van der Waals surface area contributed by atoms with Crippen LogP contribution in [0.15, 0.2) is 48.5 Å². The fourth-order valence-corrected chi connectivity index (χ4v) is 1.87. The van der Waals surface area contributed by atoms with Crippen molar-refractivity contribution < 1.29 is 9.53 Å². The van der Waals surface area contributed by atoms with Crippen molar-refractivity contribution in [3.8, 4) is 5.75 Å². The number of carbonyl (C=O) groups is 1. The lowest BCUT2D eigenvalue weighted by Gasteiger charge is -2.08. The van der Waals surface area contributed by atoms with Gasteiger partial charge in [0.15, 0.2) is 0 Å². The first-order valence-corrected chi connectivity index (χ1v) is 6.56. The molecular weight excluding hydrogens is 252 g/mol. The minimum atomic E-state index is -0.158. The van der Waals surface area contributed by atoms with Crippen LogP contribution in [0.3, 0.4) is 0 Å². The summed E-state index contributed by atoms with van der Waals surface area (Å²) in [5, 5.41) is 2.85. The number of amides is 1. The second-order valence-electron chi connectivity index (χ2n) is 4.32. The van der Waals surface area contributed by atoms with Crippen LogP contribution in [0.25, 0.3) is 0 Å². The molecular formula is C16H18N2O2. The summed E-state index contributed by atoms with van der Waals surface area (Å²) in [7, 11) is 0. The van der Waals surface area contributed by atoms with Crippen molar-refractivity contribution in [2.75, 3.05) is 11.9 Å². The zero-order valence-electron chi connectivity index (χ0n) is 11.4. The Balaban J connectivity index is 2.12. The molecule has 2 aromatic rings. The molecule has 0 aromatic heterocycles. The number of nitrogens with one attached hydrogen (secondary N) is 1. The van der Waals surface area contributed by atoms with Gasteiger partial charge in [0.1, 0.15) is 5.75 Å². The standard InChI is InChI=1S/C16H18N2O2/c1-2-20-15-8-4-7-14(10-15)18-16(19)13-6-3-5-12(9-13)11-17/h3-10H,2,11,17H2,1H3,(H,18,19). The number of anilines is 1. The van der Waals surface area contributed by atoms with Crippen molar-refractivity contribution in [3.63, 3.8) is 0 Å². The van der Waals surface area contributed by atoms with Gasteiger partial charge in [0.05, 0.1) is 6.61 Å². The first-order valence-electron chi connectivity index (χ1n) is 6.56. The summed E-state index contributed by atoms with van der Waals surface area (Å²) in [6, 6.07) is 14.6. The Morgan fingerprint density at radius 2 is 2.00 bits per heavy atom. The molecule has 0 unspecified atom stereocenters. The molecule has 0 saturated carbocycles. The fourth-order valence-electron chi connectivity index (χ4n) is 1.87. The lowest BCUT2D eigenvalue weighted by Crippen LogP contribution is -2.12. The Bertz CT molecular complexity index is 597. The monoisotopic (exact) mass is 270 g/mol. The third kappa shape index (κ3) is 3.59. The molecule has 0 radical (unpaired) electrons. The molecule has 0 bridgehead atoms. The molecule has 0 heterocycles. The van der Waals surface area contributed by atoms with Gasteiger partial charge in [-0.25, -0.2) is 0 Å². The highest BCUT2D eigenvalue weighted by molar-refractivity contribution is 6.04. The molecule has 2 aromatic carbocycles. The minimum Gasteiger partial charge on any atom is -0.494 e. The summed E-state index contributed by atoms with van der Waals surface area (Å²) in [6.45, 7) is 2.93. The van der Waals surface area contributed by atoms with E-state index in [0.717, 1.165) is 11.3 Å². The van der Waals surface area contributed by atoms with Crippen LogP contribution in [-0.2, 0) is 6.54 Å². The summed E-state index contributed by atoms with van der Waals surface area (Å²) in [5.41, 5.74) is 7.81. The normalized spacial score (nSPS) is 10.1. The van der Waals surface area contributed by atoms with E-state index >= 15 is 0 Å². The molecule has 20 heavy (non-hydrogen) atoms. The predicted molar refractivity (Wildman–Crippen MR) is 79.9 cm³/mol. The Morgan fingerprint density at radius 1 is 1.20 bits per heavy atom. The van der Waals surface area contributed by atoms with Gasteiger partial charge in [-0.05, 0) is 36.8 Å². The van der Waals surface area contributed by atoms with E-state index in [0.29, 0.717) is 24.4 Å². The van der Waals surface area contributed by atoms with Crippen LogP contribution < -0.4 is 15.8 Å². The number of ether oxygens (including phenoxy) is 1. The average molecular weight is 270 g/mol. The topological polar surface area (TPSA) is 64.3 Å². The largest absolute Gasteiger partial charge is 0.494 e. The Labute approximate surface area is 118 Å². The number of benzene rings is 2. The maximum atomic E-state index is 12.2. The lowest BCUT2D eigenvalue weighted by molar-refractivity contribution is 0.102. The molecule has 0 saturated heterocycles. The summed E-state index contributed by atoms with van der Waals surface area (Å²) < 4.78 is 5.40. The molecule has 0 aliphatic carbocycles. The van der Waals surface area contributed by atoms with E-state index in [-0.39, 0.29) is 5.91 Å². The quantitative estimate of drug-likeness (QED) is 0.878. The highest BCUT2D eigenvalue weighted by atomic mass is 16.5. The van der Waals surface area contributed by atoms with Gasteiger partial charge in [-0.1, -0.05) is 18.2 Å². The molecule has 4 heteroatoms. The Hall–Kier alpha value is -2.33. The SMILES string of the molecule is CCOc1cccc(NC(=O)c2cccc(CN)c2)c1. The van der Waals surface area contributed by atoms with E-state index in [1.54, 1.807) is 18.2 Å². The van der Waals surface area contributed by atoms with Crippen molar-refractivity contribution in [3.05, 3.63) is 59.7 Å².